The number of aryl methyl sites for hydroxylation is 1. The number of ether oxygens (including phenoxy) is 2. The Morgan fingerprint density at radius 2 is 1.59 bits per heavy atom. The highest BCUT2D eigenvalue weighted by Gasteiger charge is 2.34. The molecule has 0 spiro atoms. The summed E-state index contributed by atoms with van der Waals surface area (Å²) in [6, 6.07) is 21.4. The van der Waals surface area contributed by atoms with Gasteiger partial charge >= 0.3 is 0 Å². The first-order valence-corrected chi connectivity index (χ1v) is 17.1. The van der Waals surface area contributed by atoms with E-state index in [4.69, 9.17) is 9.47 Å². The Labute approximate surface area is 260 Å². The standard InChI is InChI=1S/C34H41N3O6S/c1-25-10-9-13-27(20-25)23-36(30(21-26-11-5-3-6-12-26)34(39)35-28-14-7-4-8-15-28)33(38)24-37(44(2,40)41)29-16-17-31-32(22-29)43-19-18-42-31/h3,5-6,9-13,16-17,20,22,28,30H,4,7-8,14-15,18-19,21,23-24H2,1-2H3,(H,35,39)/t30-/m1/s1. The van der Waals surface area contributed by atoms with Crippen LogP contribution in [0.4, 0.5) is 5.69 Å². The Morgan fingerprint density at radius 1 is 0.886 bits per heavy atom. The number of carbonyl (C=O) groups excluding carboxylic acids is 2. The predicted molar refractivity (Wildman–Crippen MR) is 170 cm³/mol. The molecule has 2 aliphatic rings. The lowest BCUT2D eigenvalue weighted by Crippen LogP contribution is -2.55. The summed E-state index contributed by atoms with van der Waals surface area (Å²) in [5.74, 6) is 0.224. The van der Waals surface area contributed by atoms with Crippen molar-refractivity contribution in [1.29, 1.82) is 0 Å². The van der Waals surface area contributed by atoms with Crippen LogP contribution >= 0.6 is 0 Å². The molecule has 0 aromatic heterocycles. The molecule has 1 aliphatic carbocycles. The summed E-state index contributed by atoms with van der Waals surface area (Å²) in [5, 5.41) is 3.23. The molecule has 44 heavy (non-hydrogen) atoms. The van der Waals surface area contributed by atoms with Crippen LogP contribution in [0.2, 0.25) is 0 Å². The van der Waals surface area contributed by atoms with Crippen molar-refractivity contribution in [1.82, 2.24) is 10.2 Å². The third-order valence-corrected chi connectivity index (χ3v) is 9.29. The van der Waals surface area contributed by atoms with E-state index in [1.54, 1.807) is 18.2 Å². The Hall–Kier alpha value is -4.05. The van der Waals surface area contributed by atoms with Crippen molar-refractivity contribution in [2.24, 2.45) is 0 Å². The largest absolute Gasteiger partial charge is 0.486 e. The molecule has 1 heterocycles. The fraction of sp³-hybridized carbons (Fsp3) is 0.412. The number of anilines is 1. The molecule has 10 heteroatoms. The number of sulfonamides is 1. The van der Waals surface area contributed by atoms with Crippen LogP contribution in [0.15, 0.2) is 72.8 Å². The topological polar surface area (TPSA) is 105 Å². The molecule has 234 valence electrons. The molecule has 2 amide bonds. The first-order chi connectivity index (χ1) is 21.2. The zero-order valence-corrected chi connectivity index (χ0v) is 26.2. The minimum Gasteiger partial charge on any atom is -0.486 e. The van der Waals surface area contributed by atoms with Gasteiger partial charge in [0.05, 0.1) is 11.9 Å². The van der Waals surface area contributed by atoms with Gasteiger partial charge in [0.15, 0.2) is 11.5 Å². The van der Waals surface area contributed by atoms with Crippen LogP contribution in [0.3, 0.4) is 0 Å². The summed E-state index contributed by atoms with van der Waals surface area (Å²) in [6.07, 6.45) is 6.43. The molecule has 0 saturated heterocycles. The van der Waals surface area contributed by atoms with E-state index in [2.05, 4.69) is 5.32 Å². The van der Waals surface area contributed by atoms with Crippen molar-refractivity contribution < 1.29 is 27.5 Å². The average Bonchev–Trinajstić information content (AvgIpc) is 3.01. The quantitative estimate of drug-likeness (QED) is 0.336. The number of hydrogen-bond acceptors (Lipinski definition) is 6. The molecule has 1 N–H and O–H groups in total. The van der Waals surface area contributed by atoms with E-state index in [0.29, 0.717) is 31.1 Å². The summed E-state index contributed by atoms with van der Waals surface area (Å²) in [7, 11) is -3.89. The van der Waals surface area contributed by atoms with Gasteiger partial charge in [0.1, 0.15) is 25.8 Å². The first kappa shape index (κ1) is 31.4. The molecule has 1 fully saturated rings. The van der Waals surface area contributed by atoms with Crippen LogP contribution in [0.25, 0.3) is 0 Å². The van der Waals surface area contributed by atoms with E-state index >= 15 is 0 Å². The molecular formula is C34H41N3O6S. The summed E-state index contributed by atoms with van der Waals surface area (Å²) >= 11 is 0. The third-order valence-electron chi connectivity index (χ3n) is 8.15. The smallest absolute Gasteiger partial charge is 0.244 e. The highest BCUT2D eigenvalue weighted by Crippen LogP contribution is 2.35. The van der Waals surface area contributed by atoms with E-state index < -0.39 is 28.5 Å². The minimum absolute atomic E-state index is 0.0516. The van der Waals surface area contributed by atoms with Gasteiger partial charge in [-0.1, -0.05) is 79.4 Å². The van der Waals surface area contributed by atoms with Crippen LogP contribution < -0.4 is 19.1 Å². The van der Waals surface area contributed by atoms with Crippen LogP contribution in [0, 0.1) is 6.92 Å². The van der Waals surface area contributed by atoms with Gasteiger partial charge in [-0.25, -0.2) is 8.42 Å². The predicted octanol–water partition coefficient (Wildman–Crippen LogP) is 4.62. The van der Waals surface area contributed by atoms with E-state index in [1.165, 1.54) is 4.90 Å². The van der Waals surface area contributed by atoms with Gasteiger partial charge in [0, 0.05) is 25.1 Å². The van der Waals surface area contributed by atoms with Crippen molar-refractivity contribution in [3.63, 3.8) is 0 Å². The molecule has 0 unspecified atom stereocenters. The van der Waals surface area contributed by atoms with Gasteiger partial charge in [-0.05, 0) is 43.0 Å². The molecule has 9 nitrogen and oxygen atoms in total. The molecular weight excluding hydrogens is 578 g/mol. The van der Waals surface area contributed by atoms with Gasteiger partial charge in [-0.2, -0.15) is 0 Å². The van der Waals surface area contributed by atoms with Crippen molar-refractivity contribution in [2.75, 3.05) is 30.3 Å². The summed E-state index contributed by atoms with van der Waals surface area (Å²) < 4.78 is 38.6. The molecule has 1 atom stereocenters. The Kier molecular flexibility index (Phi) is 10.1. The maximum Gasteiger partial charge on any atom is 0.244 e. The average molecular weight is 620 g/mol. The fourth-order valence-corrected chi connectivity index (χ4v) is 6.75. The second kappa shape index (κ2) is 14.2. The van der Waals surface area contributed by atoms with Crippen LogP contribution in [-0.2, 0) is 32.6 Å². The SMILES string of the molecule is Cc1cccc(CN(C(=O)CN(c2ccc3c(c2)OCCO3)S(C)(=O)=O)[C@H](Cc2ccccc2)C(=O)NC2CCCCC2)c1. The number of amides is 2. The normalized spacial score (nSPS) is 15.7. The van der Waals surface area contributed by atoms with Crippen molar-refractivity contribution in [3.05, 3.63) is 89.5 Å². The van der Waals surface area contributed by atoms with Gasteiger partial charge < -0.3 is 19.7 Å². The number of nitrogens with one attached hydrogen (secondary N) is 1. The molecule has 3 aromatic carbocycles. The molecule has 3 aromatic rings. The highest BCUT2D eigenvalue weighted by atomic mass is 32.2. The van der Waals surface area contributed by atoms with E-state index in [-0.39, 0.29) is 24.2 Å². The van der Waals surface area contributed by atoms with Gasteiger partial charge in [-0.3, -0.25) is 13.9 Å². The Bertz CT molecular complexity index is 1560. The summed E-state index contributed by atoms with van der Waals surface area (Å²) in [6.45, 7) is 2.39. The summed E-state index contributed by atoms with van der Waals surface area (Å²) in [5.41, 5.74) is 3.07. The molecule has 5 rings (SSSR count). The third kappa shape index (κ3) is 8.11. The zero-order valence-electron chi connectivity index (χ0n) is 25.4. The number of nitrogens with zero attached hydrogens (tertiary/aromatic N) is 2. The number of hydrogen-bond donors (Lipinski definition) is 1. The number of carbonyl (C=O) groups is 2. The van der Waals surface area contributed by atoms with Crippen LogP contribution in [-0.4, -0.2) is 63.2 Å². The number of benzene rings is 3. The molecule has 1 saturated carbocycles. The lowest BCUT2D eigenvalue weighted by atomic mass is 9.94. The van der Waals surface area contributed by atoms with E-state index in [0.717, 1.165) is 59.4 Å². The Morgan fingerprint density at radius 3 is 2.30 bits per heavy atom. The lowest BCUT2D eigenvalue weighted by Gasteiger charge is -2.35. The van der Waals surface area contributed by atoms with Gasteiger partial charge in [0.2, 0.25) is 21.8 Å². The van der Waals surface area contributed by atoms with Gasteiger partial charge in [0.25, 0.3) is 0 Å². The number of fused-ring (bicyclic) bond motifs is 1. The second-order valence-electron chi connectivity index (χ2n) is 11.7. The van der Waals surface area contributed by atoms with Gasteiger partial charge in [-0.15, -0.1) is 0 Å². The maximum atomic E-state index is 14.4. The molecule has 1 aliphatic heterocycles. The van der Waals surface area contributed by atoms with Crippen molar-refractivity contribution >= 4 is 27.5 Å². The van der Waals surface area contributed by atoms with Crippen LogP contribution in [0.1, 0.15) is 48.8 Å². The van der Waals surface area contributed by atoms with Crippen molar-refractivity contribution in [2.45, 2.75) is 64.1 Å². The zero-order chi connectivity index (χ0) is 31.1. The van der Waals surface area contributed by atoms with E-state index in [9.17, 15) is 18.0 Å². The second-order valence-corrected chi connectivity index (χ2v) is 13.6. The minimum atomic E-state index is -3.89. The maximum absolute atomic E-state index is 14.4. The van der Waals surface area contributed by atoms with E-state index in [1.807, 2.05) is 61.5 Å². The number of rotatable bonds is 11. The van der Waals surface area contributed by atoms with Crippen LogP contribution in [0.5, 0.6) is 11.5 Å². The monoisotopic (exact) mass is 619 g/mol. The molecule has 0 bridgehead atoms. The Balaban J connectivity index is 1.50. The fourth-order valence-electron chi connectivity index (χ4n) is 5.91. The first-order valence-electron chi connectivity index (χ1n) is 15.2. The lowest BCUT2D eigenvalue weighted by molar-refractivity contribution is -0.140. The highest BCUT2D eigenvalue weighted by molar-refractivity contribution is 7.92. The summed E-state index contributed by atoms with van der Waals surface area (Å²) in [4.78, 5) is 30.0. The van der Waals surface area contributed by atoms with Crippen molar-refractivity contribution in [3.8, 4) is 11.5 Å². The molecule has 0 radical (unpaired) electrons.